The van der Waals surface area contributed by atoms with E-state index >= 15 is 0 Å². The Balaban J connectivity index is 1.22. The van der Waals surface area contributed by atoms with Gasteiger partial charge in [0.25, 0.3) is 0 Å². The molecular weight excluding hydrogens is 453 g/mol. The summed E-state index contributed by atoms with van der Waals surface area (Å²) in [5.41, 5.74) is 4.09. The molecule has 2 N–H and O–H groups in total. The van der Waals surface area contributed by atoms with E-state index in [2.05, 4.69) is 14.6 Å². The minimum Gasteiger partial charge on any atom is -0.358 e. The van der Waals surface area contributed by atoms with E-state index in [0.29, 0.717) is 24.0 Å². The number of Topliss-reactive ketones (excluding diaryl/α,β-unsaturated/α-hetero) is 1. The van der Waals surface area contributed by atoms with Crippen molar-refractivity contribution in [2.24, 2.45) is 5.92 Å². The highest BCUT2D eigenvalue weighted by Gasteiger charge is 2.26. The fourth-order valence-electron chi connectivity index (χ4n) is 5.23. The number of hydrogen-bond acceptors (Lipinski definition) is 4. The van der Waals surface area contributed by atoms with Crippen LogP contribution in [0.5, 0.6) is 0 Å². The molecule has 2 aliphatic rings. The Morgan fingerprint density at radius 2 is 1.85 bits per heavy atom. The zero-order valence-corrected chi connectivity index (χ0v) is 20.2. The molecule has 1 aliphatic carbocycles. The molecule has 180 valence electrons. The van der Waals surface area contributed by atoms with Gasteiger partial charge in [-0.25, -0.2) is 17.5 Å². The summed E-state index contributed by atoms with van der Waals surface area (Å²) in [4.78, 5) is 18.3. The molecule has 0 spiro atoms. The Morgan fingerprint density at radius 3 is 2.59 bits per heavy atom. The Bertz CT molecular complexity index is 1320. The van der Waals surface area contributed by atoms with Crippen LogP contribution >= 0.6 is 0 Å². The highest BCUT2D eigenvalue weighted by Crippen LogP contribution is 2.32. The van der Waals surface area contributed by atoms with Gasteiger partial charge in [0.05, 0.1) is 4.90 Å². The van der Waals surface area contributed by atoms with E-state index in [1.807, 2.05) is 18.2 Å². The number of aromatic nitrogens is 1. The van der Waals surface area contributed by atoms with E-state index in [0.717, 1.165) is 67.5 Å². The molecule has 0 bridgehead atoms. The number of nitrogens with zero attached hydrogens (tertiary/aromatic N) is 1. The molecule has 1 aromatic heterocycles. The van der Waals surface area contributed by atoms with Crippen molar-refractivity contribution in [2.45, 2.75) is 50.5 Å². The maximum absolute atomic E-state index is 13.1. The first-order chi connectivity index (χ1) is 16.3. The fraction of sp³-hybridized carbons (Fsp3) is 0.423. The molecule has 1 fully saturated rings. The molecule has 5 rings (SSSR count). The smallest absolute Gasteiger partial charge is 0.240 e. The van der Waals surface area contributed by atoms with E-state index in [4.69, 9.17) is 0 Å². The quantitative estimate of drug-likeness (QED) is 0.547. The molecular formula is C26H30FN3O3S. The normalized spacial score (nSPS) is 17.9. The summed E-state index contributed by atoms with van der Waals surface area (Å²) in [7, 11) is -3.67. The third-order valence-electron chi connectivity index (χ3n) is 7.16. The maximum Gasteiger partial charge on any atom is 0.240 e. The van der Waals surface area contributed by atoms with Gasteiger partial charge < -0.3 is 4.98 Å². The van der Waals surface area contributed by atoms with Crippen LogP contribution in [-0.4, -0.2) is 43.7 Å². The average molecular weight is 484 g/mol. The van der Waals surface area contributed by atoms with Gasteiger partial charge in [0.15, 0.2) is 5.78 Å². The zero-order valence-electron chi connectivity index (χ0n) is 19.4. The van der Waals surface area contributed by atoms with Crippen molar-refractivity contribution in [3.05, 3.63) is 64.6 Å². The van der Waals surface area contributed by atoms with Crippen LogP contribution in [-0.2, 0) is 23.0 Å². The lowest BCUT2D eigenvalue weighted by atomic mass is 9.94. The number of aromatic amines is 1. The van der Waals surface area contributed by atoms with Gasteiger partial charge >= 0.3 is 0 Å². The molecule has 0 radical (unpaired) electrons. The van der Waals surface area contributed by atoms with Gasteiger partial charge in [0, 0.05) is 41.7 Å². The number of fused-ring (bicyclic) bond motifs is 3. The molecule has 2 heterocycles. The topological polar surface area (TPSA) is 82.3 Å². The highest BCUT2D eigenvalue weighted by molar-refractivity contribution is 7.89. The molecule has 0 saturated carbocycles. The minimum atomic E-state index is -3.67. The SMILES string of the molecule is Cc1cc2c3c([nH]c2cc1S(=O)(=O)NCC1CCN(Cc2ccc(F)cc2)CC1)CCCC3=O. The number of carbonyl (C=O) groups is 1. The van der Waals surface area contributed by atoms with Crippen molar-refractivity contribution in [1.82, 2.24) is 14.6 Å². The van der Waals surface area contributed by atoms with E-state index in [-0.39, 0.29) is 22.4 Å². The van der Waals surface area contributed by atoms with Crippen LogP contribution in [0.25, 0.3) is 10.9 Å². The van der Waals surface area contributed by atoms with Gasteiger partial charge in [0.2, 0.25) is 10.0 Å². The van der Waals surface area contributed by atoms with Crippen LogP contribution in [0.3, 0.4) is 0 Å². The number of halogens is 1. The maximum atomic E-state index is 13.1. The Labute approximate surface area is 199 Å². The molecule has 3 aromatic rings. The third kappa shape index (κ3) is 4.67. The summed E-state index contributed by atoms with van der Waals surface area (Å²) in [5, 5.41) is 0.824. The minimum absolute atomic E-state index is 0.131. The number of carbonyl (C=O) groups excluding carboxylic acids is 1. The Hall–Kier alpha value is -2.55. The second-order valence-corrected chi connectivity index (χ2v) is 11.4. The molecule has 6 nitrogen and oxygen atoms in total. The summed E-state index contributed by atoms with van der Waals surface area (Å²) in [6.07, 6.45) is 4.01. The lowest BCUT2D eigenvalue weighted by Gasteiger charge is -2.32. The number of rotatable bonds is 6. The zero-order chi connectivity index (χ0) is 23.9. The van der Waals surface area contributed by atoms with Crippen molar-refractivity contribution < 1.29 is 17.6 Å². The number of aryl methyl sites for hydroxylation is 2. The van der Waals surface area contributed by atoms with Gasteiger partial charge in [-0.15, -0.1) is 0 Å². The molecule has 0 atom stereocenters. The predicted molar refractivity (Wildman–Crippen MR) is 130 cm³/mol. The van der Waals surface area contributed by atoms with Crippen LogP contribution in [0.1, 0.15) is 52.9 Å². The second-order valence-electron chi connectivity index (χ2n) is 9.62. The Kier molecular flexibility index (Phi) is 6.31. The third-order valence-corrected chi connectivity index (χ3v) is 8.72. The van der Waals surface area contributed by atoms with Crippen LogP contribution < -0.4 is 4.72 Å². The molecule has 1 saturated heterocycles. The molecule has 34 heavy (non-hydrogen) atoms. The van der Waals surface area contributed by atoms with Crippen molar-refractivity contribution >= 4 is 26.7 Å². The lowest BCUT2D eigenvalue weighted by Crippen LogP contribution is -2.38. The van der Waals surface area contributed by atoms with Crippen LogP contribution in [0.15, 0.2) is 41.3 Å². The number of likely N-dealkylation sites (tertiary alicyclic amines) is 1. The summed E-state index contributed by atoms with van der Waals surface area (Å²) in [6.45, 7) is 4.74. The highest BCUT2D eigenvalue weighted by atomic mass is 32.2. The van der Waals surface area contributed by atoms with Crippen LogP contribution in [0.4, 0.5) is 4.39 Å². The monoisotopic (exact) mass is 483 g/mol. The largest absolute Gasteiger partial charge is 0.358 e. The summed E-state index contributed by atoms with van der Waals surface area (Å²) in [6, 6.07) is 10.1. The van der Waals surface area contributed by atoms with Gasteiger partial charge in [-0.2, -0.15) is 0 Å². The van der Waals surface area contributed by atoms with Crippen molar-refractivity contribution in [3.63, 3.8) is 0 Å². The van der Waals surface area contributed by atoms with Crippen molar-refractivity contribution in [3.8, 4) is 0 Å². The second kappa shape index (κ2) is 9.24. The number of piperidine rings is 1. The number of benzene rings is 2. The number of ketones is 1. The van der Waals surface area contributed by atoms with E-state index in [1.165, 1.54) is 12.1 Å². The number of hydrogen-bond donors (Lipinski definition) is 2. The first kappa shape index (κ1) is 23.2. The van der Waals surface area contributed by atoms with E-state index in [1.54, 1.807) is 13.0 Å². The average Bonchev–Trinajstić information content (AvgIpc) is 3.18. The van der Waals surface area contributed by atoms with Crippen molar-refractivity contribution in [1.29, 1.82) is 0 Å². The van der Waals surface area contributed by atoms with Crippen molar-refractivity contribution in [2.75, 3.05) is 19.6 Å². The molecule has 0 amide bonds. The number of H-pyrrole nitrogens is 1. The first-order valence-electron chi connectivity index (χ1n) is 11.9. The fourth-order valence-corrected chi connectivity index (χ4v) is 6.60. The van der Waals surface area contributed by atoms with Gasteiger partial charge in [-0.05, 0) is 87.0 Å². The number of sulfonamides is 1. The van der Waals surface area contributed by atoms with E-state index in [9.17, 15) is 17.6 Å². The first-order valence-corrected chi connectivity index (χ1v) is 13.4. The standard InChI is InChI=1S/C26H30FN3O3S/c1-17-13-21-23(29-22-3-2-4-24(31)26(21)22)14-25(17)34(32,33)28-15-18-9-11-30(12-10-18)16-19-5-7-20(27)8-6-19/h5-8,13-14,18,28-29H,2-4,9-12,15-16H2,1H3. The predicted octanol–water partition coefficient (Wildman–Crippen LogP) is 4.32. The molecule has 8 heteroatoms. The Morgan fingerprint density at radius 1 is 1.12 bits per heavy atom. The molecule has 0 unspecified atom stereocenters. The summed E-state index contributed by atoms with van der Waals surface area (Å²) in [5.74, 6) is 0.179. The van der Waals surface area contributed by atoms with E-state index < -0.39 is 10.0 Å². The molecule has 2 aromatic carbocycles. The van der Waals surface area contributed by atoms with Gasteiger partial charge in [-0.1, -0.05) is 12.1 Å². The molecule has 1 aliphatic heterocycles. The van der Waals surface area contributed by atoms with Crippen LogP contribution in [0, 0.1) is 18.7 Å². The number of nitrogens with one attached hydrogen (secondary N) is 2. The lowest BCUT2D eigenvalue weighted by molar-refractivity contribution is 0.0974. The van der Waals surface area contributed by atoms with Crippen LogP contribution in [0.2, 0.25) is 0 Å². The van der Waals surface area contributed by atoms with Gasteiger partial charge in [-0.3, -0.25) is 9.69 Å². The summed E-state index contributed by atoms with van der Waals surface area (Å²) < 4.78 is 42.2. The summed E-state index contributed by atoms with van der Waals surface area (Å²) >= 11 is 0. The van der Waals surface area contributed by atoms with Gasteiger partial charge in [0.1, 0.15) is 5.82 Å².